The first kappa shape index (κ1) is 17.1. The van der Waals surface area contributed by atoms with E-state index in [9.17, 15) is 0 Å². The van der Waals surface area contributed by atoms with E-state index in [1.54, 1.807) is 14.2 Å². The minimum Gasteiger partial charge on any atom is -0.497 e. The Labute approximate surface area is 149 Å². The second-order valence-electron chi connectivity index (χ2n) is 5.93. The highest BCUT2D eigenvalue weighted by atomic mass is 16.5. The van der Waals surface area contributed by atoms with Crippen molar-refractivity contribution in [3.05, 3.63) is 53.6 Å². The van der Waals surface area contributed by atoms with Crippen LogP contribution in [0.1, 0.15) is 11.1 Å². The maximum absolute atomic E-state index is 5.45. The molecular weight excluding hydrogens is 314 g/mol. The maximum atomic E-state index is 5.45. The third-order valence-electron chi connectivity index (χ3n) is 4.52. The van der Waals surface area contributed by atoms with Gasteiger partial charge in [-0.05, 0) is 48.2 Å². The Morgan fingerprint density at radius 3 is 2.76 bits per heavy atom. The summed E-state index contributed by atoms with van der Waals surface area (Å²) in [4.78, 5) is 6.70. The van der Waals surface area contributed by atoms with Crippen molar-refractivity contribution in [1.82, 2.24) is 5.32 Å². The average molecular weight is 339 g/mol. The highest BCUT2D eigenvalue weighted by molar-refractivity contribution is 5.97. The smallest absolute Gasteiger partial charge is 0.198 e. The molecule has 0 aromatic heterocycles. The maximum Gasteiger partial charge on any atom is 0.198 e. The number of benzene rings is 2. The van der Waals surface area contributed by atoms with Gasteiger partial charge in [-0.3, -0.25) is 4.99 Å². The quantitative estimate of drug-likeness (QED) is 0.672. The number of rotatable bonds is 5. The van der Waals surface area contributed by atoms with Gasteiger partial charge in [0.05, 0.1) is 14.2 Å². The zero-order chi connectivity index (χ0) is 17.6. The van der Waals surface area contributed by atoms with Gasteiger partial charge in [-0.25, -0.2) is 0 Å². The van der Waals surface area contributed by atoms with Gasteiger partial charge in [0, 0.05) is 25.8 Å². The first-order valence-corrected chi connectivity index (χ1v) is 8.54. The summed E-state index contributed by atoms with van der Waals surface area (Å²) >= 11 is 0. The van der Waals surface area contributed by atoms with Crippen LogP contribution in [0.3, 0.4) is 0 Å². The third kappa shape index (κ3) is 3.71. The van der Waals surface area contributed by atoms with Gasteiger partial charge in [0.15, 0.2) is 5.96 Å². The van der Waals surface area contributed by atoms with Crippen molar-refractivity contribution >= 4 is 11.6 Å². The number of hydrogen-bond acceptors (Lipinski definition) is 3. The van der Waals surface area contributed by atoms with Crippen LogP contribution in [-0.4, -0.2) is 40.3 Å². The number of anilines is 1. The summed E-state index contributed by atoms with van der Waals surface area (Å²) in [6.45, 7) is 1.73. The molecule has 3 rings (SSSR count). The molecule has 0 atom stereocenters. The minimum atomic E-state index is 0.773. The molecule has 0 fully saturated rings. The molecule has 0 saturated heterocycles. The van der Waals surface area contributed by atoms with Crippen molar-refractivity contribution in [2.24, 2.45) is 4.99 Å². The van der Waals surface area contributed by atoms with Crippen LogP contribution in [0.2, 0.25) is 0 Å². The van der Waals surface area contributed by atoms with Crippen LogP contribution >= 0.6 is 0 Å². The normalized spacial score (nSPS) is 13.6. The molecule has 25 heavy (non-hydrogen) atoms. The zero-order valence-electron chi connectivity index (χ0n) is 15.1. The molecule has 2 aromatic carbocycles. The molecule has 0 radical (unpaired) electrons. The molecule has 5 heteroatoms. The van der Waals surface area contributed by atoms with Gasteiger partial charge in [-0.2, -0.15) is 0 Å². The van der Waals surface area contributed by atoms with Crippen LogP contribution in [-0.2, 0) is 12.8 Å². The minimum absolute atomic E-state index is 0.773. The highest BCUT2D eigenvalue weighted by Gasteiger charge is 2.22. The van der Waals surface area contributed by atoms with Crippen molar-refractivity contribution in [3.63, 3.8) is 0 Å². The molecule has 1 heterocycles. The average Bonchev–Trinajstić information content (AvgIpc) is 3.09. The summed E-state index contributed by atoms with van der Waals surface area (Å²) < 4.78 is 10.8. The lowest BCUT2D eigenvalue weighted by molar-refractivity contribution is 0.398. The molecule has 1 aliphatic rings. The Morgan fingerprint density at radius 1 is 1.16 bits per heavy atom. The topological polar surface area (TPSA) is 46.1 Å². The van der Waals surface area contributed by atoms with Crippen LogP contribution in [0, 0.1) is 0 Å². The van der Waals surface area contributed by atoms with Gasteiger partial charge in [0.25, 0.3) is 0 Å². The molecule has 0 spiro atoms. The summed E-state index contributed by atoms with van der Waals surface area (Å²) in [7, 11) is 5.20. The molecule has 0 bridgehead atoms. The summed E-state index contributed by atoms with van der Waals surface area (Å²) in [6.07, 6.45) is 1.88. The SMILES string of the molecule is CN=C(NCCc1cc(OC)ccc1OC)N1CCc2ccccc21. The monoisotopic (exact) mass is 339 g/mol. The van der Waals surface area contributed by atoms with E-state index in [0.717, 1.165) is 49.0 Å². The van der Waals surface area contributed by atoms with Gasteiger partial charge >= 0.3 is 0 Å². The number of nitrogens with zero attached hydrogens (tertiary/aromatic N) is 2. The second-order valence-corrected chi connectivity index (χ2v) is 5.93. The van der Waals surface area contributed by atoms with E-state index in [1.807, 2.05) is 25.2 Å². The number of methoxy groups -OCH3 is 2. The summed E-state index contributed by atoms with van der Waals surface area (Å²) in [5, 5.41) is 3.47. The molecule has 2 aromatic rings. The van der Waals surface area contributed by atoms with E-state index in [0.29, 0.717) is 0 Å². The van der Waals surface area contributed by atoms with Crippen LogP contribution in [0.4, 0.5) is 5.69 Å². The molecule has 0 saturated carbocycles. The van der Waals surface area contributed by atoms with Crippen molar-refractivity contribution < 1.29 is 9.47 Å². The van der Waals surface area contributed by atoms with Crippen molar-refractivity contribution in [3.8, 4) is 11.5 Å². The van der Waals surface area contributed by atoms with E-state index in [1.165, 1.54) is 11.3 Å². The van der Waals surface area contributed by atoms with Gasteiger partial charge in [0.2, 0.25) is 0 Å². The third-order valence-corrected chi connectivity index (χ3v) is 4.52. The first-order chi connectivity index (χ1) is 12.3. The predicted molar refractivity (Wildman–Crippen MR) is 102 cm³/mol. The molecule has 1 aliphatic heterocycles. The lowest BCUT2D eigenvalue weighted by Gasteiger charge is -2.22. The van der Waals surface area contributed by atoms with Crippen molar-refractivity contribution in [1.29, 1.82) is 0 Å². The lowest BCUT2D eigenvalue weighted by Crippen LogP contribution is -2.41. The number of hydrogen-bond donors (Lipinski definition) is 1. The van der Waals surface area contributed by atoms with Gasteiger partial charge in [0.1, 0.15) is 11.5 Å². The zero-order valence-corrected chi connectivity index (χ0v) is 15.1. The molecule has 0 amide bonds. The fourth-order valence-electron chi connectivity index (χ4n) is 3.24. The molecule has 0 unspecified atom stereocenters. The largest absolute Gasteiger partial charge is 0.497 e. The van der Waals surface area contributed by atoms with Gasteiger partial charge in [-0.15, -0.1) is 0 Å². The standard InChI is InChI=1S/C20H25N3O2/c1-21-20(23-13-11-15-6-4-5-7-18(15)23)22-12-10-16-14-17(24-2)8-9-19(16)25-3/h4-9,14H,10-13H2,1-3H3,(H,21,22). The predicted octanol–water partition coefficient (Wildman–Crippen LogP) is 2.88. The number of fused-ring (bicyclic) bond motifs is 1. The Hall–Kier alpha value is -2.69. The summed E-state index contributed by atoms with van der Waals surface area (Å²) in [6, 6.07) is 14.4. The first-order valence-electron chi connectivity index (χ1n) is 8.54. The van der Waals surface area contributed by atoms with Gasteiger partial charge in [-0.1, -0.05) is 18.2 Å². The molecule has 0 aliphatic carbocycles. The number of guanidine groups is 1. The van der Waals surface area contributed by atoms with Crippen molar-refractivity contribution in [2.75, 3.05) is 39.3 Å². The van der Waals surface area contributed by atoms with Crippen LogP contribution in [0.5, 0.6) is 11.5 Å². The highest BCUT2D eigenvalue weighted by Crippen LogP contribution is 2.27. The molecule has 1 N–H and O–H groups in total. The fraction of sp³-hybridized carbons (Fsp3) is 0.350. The fourth-order valence-corrected chi connectivity index (χ4v) is 3.24. The summed E-state index contributed by atoms with van der Waals surface area (Å²) in [5.74, 6) is 2.63. The van der Waals surface area contributed by atoms with Crippen molar-refractivity contribution in [2.45, 2.75) is 12.8 Å². The van der Waals surface area contributed by atoms with E-state index in [-0.39, 0.29) is 0 Å². The number of nitrogens with one attached hydrogen (secondary N) is 1. The molecular formula is C20H25N3O2. The van der Waals surface area contributed by atoms with E-state index in [4.69, 9.17) is 9.47 Å². The van der Waals surface area contributed by atoms with Crippen LogP contribution < -0.4 is 19.7 Å². The number of para-hydroxylation sites is 1. The summed E-state index contributed by atoms with van der Waals surface area (Å²) in [5.41, 5.74) is 3.74. The molecule has 132 valence electrons. The Balaban J connectivity index is 1.65. The second kappa shape index (κ2) is 7.92. The Bertz CT molecular complexity index is 758. The Morgan fingerprint density at radius 2 is 2.00 bits per heavy atom. The van der Waals surface area contributed by atoms with E-state index in [2.05, 4.69) is 39.5 Å². The Kier molecular flexibility index (Phi) is 5.43. The molecule has 5 nitrogen and oxygen atoms in total. The van der Waals surface area contributed by atoms with E-state index < -0.39 is 0 Å². The number of ether oxygens (including phenoxy) is 2. The van der Waals surface area contributed by atoms with Gasteiger partial charge < -0.3 is 19.7 Å². The lowest BCUT2D eigenvalue weighted by atomic mass is 10.1. The van der Waals surface area contributed by atoms with Crippen LogP contribution in [0.15, 0.2) is 47.5 Å². The number of aliphatic imine (C=N–C) groups is 1. The van der Waals surface area contributed by atoms with E-state index >= 15 is 0 Å². The van der Waals surface area contributed by atoms with Crippen LogP contribution in [0.25, 0.3) is 0 Å².